The molecule has 0 saturated heterocycles. The molecule has 0 N–H and O–H groups in total. The Morgan fingerprint density at radius 2 is 2.00 bits per heavy atom. The Labute approximate surface area is 108 Å². The summed E-state index contributed by atoms with van der Waals surface area (Å²) in [6.45, 7) is 1.51. The van der Waals surface area contributed by atoms with Gasteiger partial charge >= 0.3 is 6.18 Å². The van der Waals surface area contributed by atoms with E-state index in [2.05, 4.69) is 4.98 Å². The predicted octanol–water partition coefficient (Wildman–Crippen LogP) is 4.06. The molecule has 0 aliphatic rings. The van der Waals surface area contributed by atoms with Gasteiger partial charge in [0.25, 0.3) is 0 Å². The Kier molecular flexibility index (Phi) is 5.14. The van der Waals surface area contributed by atoms with Crippen LogP contribution in [0.5, 0.6) is 0 Å². The highest BCUT2D eigenvalue weighted by atomic mass is 35.5. The summed E-state index contributed by atoms with van der Waals surface area (Å²) in [6.07, 6.45) is -2.07. The number of unbranched alkanes of at least 4 members (excludes halogenated alkanes) is 1. The number of ketones is 1. The van der Waals surface area contributed by atoms with Gasteiger partial charge in [-0.2, -0.15) is 13.2 Å². The second-order valence-electron chi connectivity index (χ2n) is 4.05. The molecule has 1 rings (SSSR count). The molecule has 0 radical (unpaired) electrons. The summed E-state index contributed by atoms with van der Waals surface area (Å²) in [6, 6.07) is 2.26. The number of Topliss-reactive ketones (excluding diaryl/α,β-unsaturated/α-hetero) is 1. The third kappa shape index (κ3) is 4.64. The van der Waals surface area contributed by atoms with Crippen molar-refractivity contribution in [1.82, 2.24) is 4.98 Å². The number of aryl methyl sites for hydroxylation is 1. The van der Waals surface area contributed by atoms with Crippen LogP contribution in [0, 0.1) is 0 Å². The summed E-state index contributed by atoms with van der Waals surface area (Å²) < 4.78 is 37.0. The molecule has 0 saturated carbocycles. The predicted molar refractivity (Wildman–Crippen MR) is 62.5 cm³/mol. The van der Waals surface area contributed by atoms with Crippen molar-refractivity contribution in [2.75, 3.05) is 0 Å². The van der Waals surface area contributed by atoms with Gasteiger partial charge in [-0.1, -0.05) is 17.7 Å². The number of carbonyl (C=O) groups is 1. The van der Waals surface area contributed by atoms with Crippen LogP contribution in [0.3, 0.4) is 0 Å². The number of alkyl halides is 3. The molecule has 18 heavy (non-hydrogen) atoms. The number of halogens is 4. The van der Waals surface area contributed by atoms with Crippen LogP contribution >= 0.6 is 11.6 Å². The first kappa shape index (κ1) is 15.0. The minimum Gasteiger partial charge on any atom is -0.300 e. The van der Waals surface area contributed by atoms with Crippen LogP contribution in [0.25, 0.3) is 0 Å². The maximum Gasteiger partial charge on any atom is 0.433 e. The van der Waals surface area contributed by atoms with E-state index in [0.29, 0.717) is 31.2 Å². The summed E-state index contributed by atoms with van der Waals surface area (Å²) in [7, 11) is 0. The van der Waals surface area contributed by atoms with Crippen molar-refractivity contribution < 1.29 is 18.0 Å². The lowest BCUT2D eigenvalue weighted by Gasteiger charge is -2.08. The number of aromatic nitrogens is 1. The van der Waals surface area contributed by atoms with Gasteiger partial charge in [-0.05, 0) is 37.8 Å². The first-order chi connectivity index (χ1) is 8.30. The quantitative estimate of drug-likeness (QED) is 0.601. The monoisotopic (exact) mass is 279 g/mol. The van der Waals surface area contributed by atoms with Gasteiger partial charge in [0.1, 0.15) is 16.6 Å². The van der Waals surface area contributed by atoms with E-state index in [1.165, 1.54) is 13.0 Å². The summed E-state index contributed by atoms with van der Waals surface area (Å²) >= 11 is 5.70. The summed E-state index contributed by atoms with van der Waals surface area (Å²) in [5.74, 6) is 0.103. The minimum atomic E-state index is -4.48. The number of hydrogen-bond donors (Lipinski definition) is 0. The van der Waals surface area contributed by atoms with Gasteiger partial charge < -0.3 is 4.79 Å². The molecule has 6 heteroatoms. The van der Waals surface area contributed by atoms with Crippen LogP contribution in [0.4, 0.5) is 13.2 Å². The molecule has 0 aromatic carbocycles. The molecule has 0 aliphatic heterocycles. The van der Waals surface area contributed by atoms with Crippen LogP contribution in [0.2, 0.25) is 5.15 Å². The molecular formula is C12H13ClF3NO. The smallest absolute Gasteiger partial charge is 0.300 e. The van der Waals surface area contributed by atoms with Crippen LogP contribution < -0.4 is 0 Å². The highest BCUT2D eigenvalue weighted by Crippen LogP contribution is 2.29. The molecule has 0 spiro atoms. The SMILES string of the molecule is CC(=O)CCCCc1ccc(C(F)(F)F)nc1Cl. The summed E-state index contributed by atoms with van der Waals surface area (Å²) in [4.78, 5) is 14.0. The van der Waals surface area contributed by atoms with Gasteiger partial charge in [0.05, 0.1) is 0 Å². The van der Waals surface area contributed by atoms with Crippen molar-refractivity contribution in [3.8, 4) is 0 Å². The first-order valence-electron chi connectivity index (χ1n) is 5.53. The lowest BCUT2D eigenvalue weighted by Crippen LogP contribution is -2.08. The van der Waals surface area contributed by atoms with E-state index in [1.54, 1.807) is 0 Å². The molecule has 100 valence electrons. The van der Waals surface area contributed by atoms with Gasteiger partial charge in [0, 0.05) is 6.42 Å². The van der Waals surface area contributed by atoms with E-state index in [9.17, 15) is 18.0 Å². The maximum atomic E-state index is 12.3. The summed E-state index contributed by atoms with van der Waals surface area (Å²) in [5, 5.41) is -0.118. The van der Waals surface area contributed by atoms with Crippen molar-refractivity contribution in [3.05, 3.63) is 28.5 Å². The van der Waals surface area contributed by atoms with Gasteiger partial charge in [-0.15, -0.1) is 0 Å². The van der Waals surface area contributed by atoms with Gasteiger partial charge in [0.15, 0.2) is 0 Å². The first-order valence-corrected chi connectivity index (χ1v) is 5.90. The number of nitrogens with zero attached hydrogens (tertiary/aromatic N) is 1. The van der Waals surface area contributed by atoms with Gasteiger partial charge in [0.2, 0.25) is 0 Å². The molecule has 0 unspecified atom stereocenters. The lowest BCUT2D eigenvalue weighted by atomic mass is 10.1. The van der Waals surface area contributed by atoms with Crippen molar-refractivity contribution in [2.45, 2.75) is 38.8 Å². The van der Waals surface area contributed by atoms with E-state index >= 15 is 0 Å². The van der Waals surface area contributed by atoms with Crippen LogP contribution in [0.1, 0.15) is 37.4 Å². The second kappa shape index (κ2) is 6.18. The second-order valence-corrected chi connectivity index (χ2v) is 4.41. The van der Waals surface area contributed by atoms with E-state index in [-0.39, 0.29) is 10.9 Å². The molecule has 2 nitrogen and oxygen atoms in total. The Morgan fingerprint density at radius 3 is 2.50 bits per heavy atom. The Bertz CT molecular complexity index is 432. The maximum absolute atomic E-state index is 12.3. The standard InChI is InChI=1S/C12H13ClF3NO/c1-8(18)4-2-3-5-9-6-7-10(12(14,15)16)17-11(9)13/h6-7H,2-5H2,1H3. The molecule has 0 bridgehead atoms. The average Bonchev–Trinajstić information content (AvgIpc) is 2.24. The van der Waals surface area contributed by atoms with Crippen LogP contribution in [-0.2, 0) is 17.4 Å². The fourth-order valence-electron chi connectivity index (χ4n) is 1.50. The molecule has 0 atom stereocenters. The number of pyridine rings is 1. The van der Waals surface area contributed by atoms with Crippen molar-refractivity contribution in [1.29, 1.82) is 0 Å². The third-order valence-electron chi connectivity index (χ3n) is 2.44. The van der Waals surface area contributed by atoms with E-state index in [4.69, 9.17) is 11.6 Å². The topological polar surface area (TPSA) is 30.0 Å². The van der Waals surface area contributed by atoms with Crippen molar-refractivity contribution >= 4 is 17.4 Å². The minimum absolute atomic E-state index is 0.103. The fraction of sp³-hybridized carbons (Fsp3) is 0.500. The van der Waals surface area contributed by atoms with Crippen molar-refractivity contribution in [3.63, 3.8) is 0 Å². The molecule has 1 heterocycles. The zero-order valence-electron chi connectivity index (χ0n) is 9.85. The number of carbonyl (C=O) groups excluding carboxylic acids is 1. The zero-order chi connectivity index (χ0) is 13.8. The van der Waals surface area contributed by atoms with Crippen LogP contribution in [-0.4, -0.2) is 10.8 Å². The Hall–Kier alpha value is -1.10. The lowest BCUT2D eigenvalue weighted by molar-refractivity contribution is -0.141. The molecular weight excluding hydrogens is 267 g/mol. The molecule has 0 fully saturated rings. The number of rotatable bonds is 5. The summed E-state index contributed by atoms with van der Waals surface area (Å²) in [5.41, 5.74) is -0.409. The average molecular weight is 280 g/mol. The molecule has 1 aromatic rings. The van der Waals surface area contributed by atoms with E-state index in [0.717, 1.165) is 6.07 Å². The Balaban J connectivity index is 2.60. The van der Waals surface area contributed by atoms with E-state index < -0.39 is 11.9 Å². The van der Waals surface area contributed by atoms with Crippen LogP contribution in [0.15, 0.2) is 12.1 Å². The Morgan fingerprint density at radius 1 is 1.33 bits per heavy atom. The molecule has 1 aromatic heterocycles. The fourth-order valence-corrected chi connectivity index (χ4v) is 1.75. The zero-order valence-corrected chi connectivity index (χ0v) is 10.6. The molecule has 0 aliphatic carbocycles. The number of hydrogen-bond acceptors (Lipinski definition) is 2. The van der Waals surface area contributed by atoms with Crippen molar-refractivity contribution in [2.24, 2.45) is 0 Å². The van der Waals surface area contributed by atoms with Gasteiger partial charge in [-0.3, -0.25) is 0 Å². The largest absolute Gasteiger partial charge is 0.433 e. The third-order valence-corrected chi connectivity index (χ3v) is 2.77. The highest BCUT2D eigenvalue weighted by molar-refractivity contribution is 6.30. The van der Waals surface area contributed by atoms with E-state index in [1.807, 2.05) is 0 Å². The normalized spacial score (nSPS) is 11.6. The molecule has 0 amide bonds. The van der Waals surface area contributed by atoms with Gasteiger partial charge in [-0.25, -0.2) is 4.98 Å². The highest BCUT2D eigenvalue weighted by Gasteiger charge is 2.32.